The number of benzene rings is 1. The van der Waals surface area contributed by atoms with E-state index >= 15 is 0 Å². The van der Waals surface area contributed by atoms with Crippen molar-refractivity contribution in [3.8, 4) is 5.75 Å². The van der Waals surface area contributed by atoms with Gasteiger partial charge in [0.1, 0.15) is 5.75 Å². The van der Waals surface area contributed by atoms with Crippen LogP contribution >= 0.6 is 11.8 Å². The fourth-order valence-corrected chi connectivity index (χ4v) is 1.58. The Kier molecular flexibility index (Phi) is 3.90. The smallest absolute Gasteiger partial charge is 0.416 e. The Labute approximate surface area is 90.6 Å². The highest BCUT2D eigenvalue weighted by Crippen LogP contribution is 2.34. The van der Waals surface area contributed by atoms with Gasteiger partial charge in [-0.05, 0) is 31.4 Å². The van der Waals surface area contributed by atoms with E-state index in [1.807, 2.05) is 0 Å². The van der Waals surface area contributed by atoms with E-state index in [9.17, 15) is 13.2 Å². The highest BCUT2D eigenvalue weighted by atomic mass is 32.2. The predicted molar refractivity (Wildman–Crippen MR) is 54.4 cm³/mol. The van der Waals surface area contributed by atoms with Gasteiger partial charge in [-0.1, -0.05) is 0 Å². The topological polar surface area (TPSA) is 9.23 Å². The van der Waals surface area contributed by atoms with Gasteiger partial charge in [0.05, 0.1) is 12.2 Å². The van der Waals surface area contributed by atoms with Gasteiger partial charge in [0, 0.05) is 4.90 Å². The van der Waals surface area contributed by atoms with Crippen molar-refractivity contribution < 1.29 is 17.9 Å². The van der Waals surface area contributed by atoms with E-state index in [2.05, 4.69) is 0 Å². The molecule has 1 nitrogen and oxygen atoms in total. The molecule has 1 rings (SSSR count). The number of hydrogen-bond donors (Lipinski definition) is 0. The summed E-state index contributed by atoms with van der Waals surface area (Å²) < 4.78 is 42.4. The van der Waals surface area contributed by atoms with E-state index in [0.29, 0.717) is 11.5 Å². The van der Waals surface area contributed by atoms with Crippen LogP contribution < -0.4 is 4.74 Å². The Bertz CT molecular complexity index is 336. The van der Waals surface area contributed by atoms with Gasteiger partial charge in [0.15, 0.2) is 0 Å². The molecule has 0 aliphatic carbocycles. The first-order valence-electron chi connectivity index (χ1n) is 4.36. The van der Waals surface area contributed by atoms with Crippen LogP contribution in [0.3, 0.4) is 0 Å². The van der Waals surface area contributed by atoms with E-state index < -0.39 is 11.7 Å². The third-order valence-corrected chi connectivity index (χ3v) is 2.46. The number of rotatable bonds is 3. The third-order valence-electron chi connectivity index (χ3n) is 1.75. The quantitative estimate of drug-likeness (QED) is 0.738. The Balaban J connectivity index is 3.11. The van der Waals surface area contributed by atoms with Gasteiger partial charge < -0.3 is 4.74 Å². The zero-order valence-electron chi connectivity index (χ0n) is 8.39. The van der Waals surface area contributed by atoms with Gasteiger partial charge in [-0.15, -0.1) is 11.8 Å². The van der Waals surface area contributed by atoms with Crippen molar-refractivity contribution >= 4 is 11.8 Å². The molecule has 1 aromatic rings. The Morgan fingerprint density at radius 1 is 1.27 bits per heavy atom. The first-order chi connectivity index (χ1) is 6.97. The SMILES string of the molecule is CCOc1cc(SC)cc(C(F)(F)F)c1. The molecule has 0 saturated heterocycles. The number of alkyl halides is 3. The normalized spacial score (nSPS) is 11.5. The van der Waals surface area contributed by atoms with Gasteiger partial charge in [-0.3, -0.25) is 0 Å². The first kappa shape index (κ1) is 12.2. The molecule has 5 heteroatoms. The molecule has 84 valence electrons. The second-order valence-electron chi connectivity index (χ2n) is 2.83. The summed E-state index contributed by atoms with van der Waals surface area (Å²) in [6, 6.07) is 3.74. The van der Waals surface area contributed by atoms with Crippen LogP contribution in [-0.4, -0.2) is 12.9 Å². The van der Waals surface area contributed by atoms with Crippen LogP contribution in [0.5, 0.6) is 5.75 Å². The van der Waals surface area contributed by atoms with Crippen molar-refractivity contribution in [1.29, 1.82) is 0 Å². The number of hydrogen-bond acceptors (Lipinski definition) is 2. The second-order valence-corrected chi connectivity index (χ2v) is 3.71. The molecule has 1 aromatic carbocycles. The molecular weight excluding hydrogens is 225 g/mol. The molecule has 0 aliphatic heterocycles. The lowest BCUT2D eigenvalue weighted by atomic mass is 10.2. The zero-order chi connectivity index (χ0) is 11.5. The van der Waals surface area contributed by atoms with Crippen LogP contribution in [0.4, 0.5) is 13.2 Å². The standard InChI is InChI=1S/C10H11F3OS/c1-3-14-8-4-7(10(11,12)13)5-9(6-8)15-2/h4-6H,3H2,1-2H3. The Morgan fingerprint density at radius 2 is 1.93 bits per heavy atom. The van der Waals surface area contributed by atoms with Crippen molar-refractivity contribution in [3.05, 3.63) is 23.8 Å². The Hall–Kier alpha value is -0.840. The van der Waals surface area contributed by atoms with E-state index in [1.54, 1.807) is 19.2 Å². The largest absolute Gasteiger partial charge is 0.494 e. The van der Waals surface area contributed by atoms with Crippen LogP contribution in [0.2, 0.25) is 0 Å². The number of halogens is 3. The van der Waals surface area contributed by atoms with Gasteiger partial charge in [0.25, 0.3) is 0 Å². The van der Waals surface area contributed by atoms with Gasteiger partial charge in [-0.25, -0.2) is 0 Å². The van der Waals surface area contributed by atoms with Crippen molar-refractivity contribution in [1.82, 2.24) is 0 Å². The van der Waals surface area contributed by atoms with Gasteiger partial charge >= 0.3 is 6.18 Å². The minimum absolute atomic E-state index is 0.261. The fourth-order valence-electron chi connectivity index (χ4n) is 1.10. The van der Waals surface area contributed by atoms with Crippen LogP contribution in [0.1, 0.15) is 12.5 Å². The summed E-state index contributed by atoms with van der Waals surface area (Å²) >= 11 is 1.26. The summed E-state index contributed by atoms with van der Waals surface area (Å²) in [5.74, 6) is 0.261. The molecule has 0 fully saturated rings. The average molecular weight is 236 g/mol. The zero-order valence-corrected chi connectivity index (χ0v) is 9.21. The van der Waals surface area contributed by atoms with Crippen molar-refractivity contribution in [3.63, 3.8) is 0 Å². The van der Waals surface area contributed by atoms with Crippen molar-refractivity contribution in [2.45, 2.75) is 18.0 Å². The maximum absolute atomic E-state index is 12.5. The Morgan fingerprint density at radius 3 is 2.40 bits per heavy atom. The highest BCUT2D eigenvalue weighted by Gasteiger charge is 2.31. The van der Waals surface area contributed by atoms with E-state index in [-0.39, 0.29) is 5.75 Å². The van der Waals surface area contributed by atoms with Crippen LogP contribution in [0.15, 0.2) is 23.1 Å². The van der Waals surface area contributed by atoms with Gasteiger partial charge in [0.2, 0.25) is 0 Å². The van der Waals surface area contributed by atoms with Crippen molar-refractivity contribution in [2.75, 3.05) is 12.9 Å². The molecule has 0 heterocycles. The predicted octanol–water partition coefficient (Wildman–Crippen LogP) is 3.83. The molecule has 0 N–H and O–H groups in total. The van der Waals surface area contributed by atoms with E-state index in [1.165, 1.54) is 11.8 Å². The molecule has 15 heavy (non-hydrogen) atoms. The average Bonchev–Trinajstić information content (AvgIpc) is 2.16. The lowest BCUT2D eigenvalue weighted by molar-refractivity contribution is -0.137. The van der Waals surface area contributed by atoms with Crippen LogP contribution in [0, 0.1) is 0 Å². The number of thioether (sulfide) groups is 1. The molecule has 0 aromatic heterocycles. The highest BCUT2D eigenvalue weighted by molar-refractivity contribution is 7.98. The minimum Gasteiger partial charge on any atom is -0.494 e. The molecule has 0 radical (unpaired) electrons. The van der Waals surface area contributed by atoms with Crippen LogP contribution in [0.25, 0.3) is 0 Å². The first-order valence-corrected chi connectivity index (χ1v) is 5.59. The summed E-state index contributed by atoms with van der Waals surface area (Å²) in [4.78, 5) is 0.549. The molecule has 0 unspecified atom stereocenters. The molecule has 0 aliphatic rings. The summed E-state index contributed by atoms with van der Waals surface area (Å²) in [7, 11) is 0. The molecule has 0 atom stereocenters. The lowest BCUT2D eigenvalue weighted by Crippen LogP contribution is -2.05. The summed E-state index contributed by atoms with van der Waals surface area (Å²) in [6.07, 6.45) is -2.59. The van der Waals surface area contributed by atoms with Gasteiger partial charge in [-0.2, -0.15) is 13.2 Å². The third kappa shape index (κ3) is 3.34. The summed E-state index contributed by atoms with van der Waals surface area (Å²) in [5, 5.41) is 0. The van der Waals surface area contributed by atoms with E-state index in [4.69, 9.17) is 4.74 Å². The fraction of sp³-hybridized carbons (Fsp3) is 0.400. The summed E-state index contributed by atoms with van der Waals surface area (Å²) in [6.45, 7) is 2.09. The monoisotopic (exact) mass is 236 g/mol. The molecule has 0 saturated carbocycles. The maximum atomic E-state index is 12.5. The second kappa shape index (κ2) is 4.79. The molecule has 0 spiro atoms. The molecule has 0 amide bonds. The van der Waals surface area contributed by atoms with Crippen molar-refractivity contribution in [2.24, 2.45) is 0 Å². The molecule has 0 bridgehead atoms. The summed E-state index contributed by atoms with van der Waals surface area (Å²) in [5.41, 5.74) is -0.669. The molecular formula is C10H11F3OS. The van der Waals surface area contributed by atoms with Crippen LogP contribution in [-0.2, 0) is 6.18 Å². The minimum atomic E-state index is -4.32. The van der Waals surface area contributed by atoms with E-state index in [0.717, 1.165) is 12.1 Å². The lowest BCUT2D eigenvalue weighted by Gasteiger charge is -2.11. The maximum Gasteiger partial charge on any atom is 0.416 e. The number of ether oxygens (including phenoxy) is 1.